The molecule has 0 atom stereocenters. The molecule has 168 valence electrons. The van der Waals surface area contributed by atoms with Crippen molar-refractivity contribution in [3.63, 3.8) is 0 Å². The molecule has 5 rings (SSSR count). The van der Waals surface area contributed by atoms with Crippen LogP contribution in [-0.4, -0.2) is 51.1 Å². The van der Waals surface area contributed by atoms with Crippen molar-refractivity contribution in [2.75, 3.05) is 12.5 Å². The van der Waals surface area contributed by atoms with E-state index in [1.807, 2.05) is 0 Å². The molecule has 4 amide bonds. The number of ether oxygens (including phenoxy) is 2. The summed E-state index contributed by atoms with van der Waals surface area (Å²) in [5.41, 5.74) is 2.14. The van der Waals surface area contributed by atoms with Crippen molar-refractivity contribution in [3.05, 3.63) is 18.2 Å². The fourth-order valence-electron chi connectivity index (χ4n) is 4.01. The van der Waals surface area contributed by atoms with Crippen LogP contribution < -0.4 is 20.2 Å². The fraction of sp³-hybridized carbons (Fsp3) is 0.450. The fourth-order valence-corrected chi connectivity index (χ4v) is 4.57. The van der Waals surface area contributed by atoms with Crippen LogP contribution in [0.1, 0.15) is 32.6 Å². The molecule has 1 aliphatic carbocycles. The lowest BCUT2D eigenvalue weighted by atomic mass is 9.77. The Hall–Kier alpha value is -3.28. The summed E-state index contributed by atoms with van der Waals surface area (Å²) in [7, 11) is 0. The molecule has 2 aromatic rings. The second-order valence-electron chi connectivity index (χ2n) is 8.10. The summed E-state index contributed by atoms with van der Waals surface area (Å²) in [4.78, 5) is 37.5. The zero-order valence-electron chi connectivity index (χ0n) is 17.3. The Bertz CT molecular complexity index is 1080. The van der Waals surface area contributed by atoms with Crippen molar-refractivity contribution in [2.45, 2.75) is 43.4 Å². The topological polar surface area (TPSA) is 136 Å². The highest BCUT2D eigenvalue weighted by Crippen LogP contribution is 2.37. The van der Waals surface area contributed by atoms with Gasteiger partial charge in [-0.05, 0) is 49.8 Å². The molecular weight excluding hydrogens is 438 g/mol. The van der Waals surface area contributed by atoms with Gasteiger partial charge in [-0.1, -0.05) is 18.7 Å². The van der Waals surface area contributed by atoms with Crippen LogP contribution in [0.5, 0.6) is 11.5 Å². The number of aromatic nitrogens is 2. The number of rotatable bonds is 5. The Balaban J connectivity index is 1.17. The van der Waals surface area contributed by atoms with Crippen molar-refractivity contribution in [3.8, 4) is 23.0 Å². The molecule has 0 radical (unpaired) electrons. The molecule has 2 fully saturated rings. The Labute approximate surface area is 187 Å². The number of carbonyl (C=O) groups is 3. The Morgan fingerprint density at radius 1 is 1.25 bits per heavy atom. The predicted molar refractivity (Wildman–Crippen MR) is 110 cm³/mol. The predicted octanol–water partition coefficient (Wildman–Crippen LogP) is 2.09. The Morgan fingerprint density at radius 2 is 2.03 bits per heavy atom. The average molecular weight is 459 g/mol. The molecule has 1 aromatic heterocycles. The van der Waals surface area contributed by atoms with Gasteiger partial charge in [0.15, 0.2) is 11.5 Å². The van der Waals surface area contributed by atoms with Gasteiger partial charge < -0.3 is 19.2 Å². The molecule has 32 heavy (non-hydrogen) atoms. The van der Waals surface area contributed by atoms with Gasteiger partial charge in [-0.25, -0.2) is 4.79 Å². The van der Waals surface area contributed by atoms with Crippen LogP contribution in [0.4, 0.5) is 4.79 Å². The number of hydrazine groups is 1. The number of fused-ring (bicyclic) bond motifs is 1. The molecule has 1 saturated heterocycles. The minimum atomic E-state index is -0.907. The molecule has 0 bridgehead atoms. The molecule has 2 N–H and O–H groups in total. The number of benzene rings is 1. The third-order valence-electron chi connectivity index (χ3n) is 5.88. The maximum Gasteiger partial charge on any atom is 0.344 e. The van der Waals surface area contributed by atoms with Crippen LogP contribution >= 0.6 is 11.8 Å². The number of amides is 4. The Kier molecular flexibility index (Phi) is 5.16. The molecule has 1 aromatic carbocycles. The molecule has 1 spiro atoms. The van der Waals surface area contributed by atoms with E-state index in [1.54, 1.807) is 18.2 Å². The van der Waals surface area contributed by atoms with Gasteiger partial charge in [0.1, 0.15) is 5.54 Å². The van der Waals surface area contributed by atoms with Gasteiger partial charge in [-0.15, -0.1) is 10.2 Å². The van der Waals surface area contributed by atoms with Gasteiger partial charge in [-0.3, -0.25) is 15.0 Å². The van der Waals surface area contributed by atoms with Gasteiger partial charge in [0.2, 0.25) is 18.6 Å². The van der Waals surface area contributed by atoms with E-state index in [-0.39, 0.29) is 23.7 Å². The number of urea groups is 1. The normalized spacial score (nSPS) is 24.2. The van der Waals surface area contributed by atoms with Crippen molar-refractivity contribution in [1.82, 2.24) is 25.9 Å². The third kappa shape index (κ3) is 3.74. The molecule has 1 saturated carbocycles. The van der Waals surface area contributed by atoms with E-state index >= 15 is 0 Å². The van der Waals surface area contributed by atoms with Gasteiger partial charge >= 0.3 is 6.03 Å². The number of carbonyl (C=O) groups excluding carboxylic acids is 3. The van der Waals surface area contributed by atoms with Gasteiger partial charge in [0.25, 0.3) is 11.1 Å². The second kappa shape index (κ2) is 8.01. The molecule has 2 aliphatic heterocycles. The maximum atomic E-state index is 12.8. The first-order valence-electron chi connectivity index (χ1n) is 10.3. The van der Waals surface area contributed by atoms with E-state index in [9.17, 15) is 14.4 Å². The van der Waals surface area contributed by atoms with E-state index in [0.717, 1.165) is 29.6 Å². The molecular formula is C20H21N5O6S. The molecule has 3 aliphatic rings. The highest BCUT2D eigenvalue weighted by atomic mass is 32.2. The zero-order valence-corrected chi connectivity index (χ0v) is 18.1. The van der Waals surface area contributed by atoms with Crippen molar-refractivity contribution in [2.24, 2.45) is 5.92 Å². The van der Waals surface area contributed by atoms with E-state index in [1.165, 1.54) is 0 Å². The maximum absolute atomic E-state index is 12.8. The van der Waals surface area contributed by atoms with Gasteiger partial charge in [0, 0.05) is 5.56 Å². The quantitative estimate of drug-likeness (QED) is 0.509. The summed E-state index contributed by atoms with van der Waals surface area (Å²) < 4.78 is 16.2. The lowest BCUT2D eigenvalue weighted by Crippen LogP contribution is -2.51. The first-order chi connectivity index (χ1) is 15.4. The SMILES string of the molecule is CC1CCC2(CC1)NC(=O)N(NC(=O)CSc1nnc(-c3ccc4c(c3)OCO4)o1)C2=O. The summed E-state index contributed by atoms with van der Waals surface area (Å²) in [5, 5.41) is 11.6. The standard InChI is InChI=1S/C20H21N5O6S/c1-11-4-6-20(7-5-11)17(27)25(18(28)21-20)24-15(26)9-32-19-23-22-16(31-19)12-2-3-13-14(8-12)30-10-29-13/h2-3,8,11H,4-7,9-10H2,1H3,(H,21,28)(H,24,26). The molecule has 0 unspecified atom stereocenters. The lowest BCUT2D eigenvalue weighted by molar-refractivity contribution is -0.139. The van der Waals surface area contributed by atoms with Crippen LogP contribution in [0.3, 0.4) is 0 Å². The summed E-state index contributed by atoms with van der Waals surface area (Å²) in [6.45, 7) is 2.29. The molecule has 3 heterocycles. The number of nitrogens with zero attached hydrogens (tertiary/aromatic N) is 3. The summed E-state index contributed by atoms with van der Waals surface area (Å²) in [6, 6.07) is 4.64. The smallest absolute Gasteiger partial charge is 0.344 e. The summed E-state index contributed by atoms with van der Waals surface area (Å²) in [6.07, 6.45) is 2.86. The van der Waals surface area contributed by atoms with E-state index < -0.39 is 23.4 Å². The Morgan fingerprint density at radius 3 is 2.84 bits per heavy atom. The van der Waals surface area contributed by atoms with Crippen LogP contribution in [0.25, 0.3) is 11.5 Å². The highest BCUT2D eigenvalue weighted by molar-refractivity contribution is 7.99. The minimum absolute atomic E-state index is 0.107. The number of hydrogen-bond acceptors (Lipinski definition) is 9. The first-order valence-corrected chi connectivity index (χ1v) is 11.2. The van der Waals surface area contributed by atoms with Crippen LogP contribution in [0.2, 0.25) is 0 Å². The largest absolute Gasteiger partial charge is 0.454 e. The van der Waals surface area contributed by atoms with Gasteiger partial charge in [0.05, 0.1) is 5.75 Å². The number of hydrogen-bond donors (Lipinski definition) is 2. The number of thioether (sulfide) groups is 1. The van der Waals surface area contributed by atoms with E-state index in [0.29, 0.717) is 35.8 Å². The monoisotopic (exact) mass is 459 g/mol. The summed E-state index contributed by atoms with van der Waals surface area (Å²) >= 11 is 1.00. The zero-order chi connectivity index (χ0) is 22.3. The highest BCUT2D eigenvalue weighted by Gasteiger charge is 2.52. The minimum Gasteiger partial charge on any atom is -0.454 e. The number of imide groups is 1. The van der Waals surface area contributed by atoms with Crippen molar-refractivity contribution in [1.29, 1.82) is 0 Å². The first kappa shape index (κ1) is 20.6. The van der Waals surface area contributed by atoms with Crippen molar-refractivity contribution < 1.29 is 28.3 Å². The van der Waals surface area contributed by atoms with E-state index in [2.05, 4.69) is 27.9 Å². The van der Waals surface area contributed by atoms with Crippen LogP contribution in [0.15, 0.2) is 27.8 Å². The number of nitrogens with one attached hydrogen (secondary N) is 2. The van der Waals surface area contributed by atoms with Crippen molar-refractivity contribution >= 4 is 29.6 Å². The van der Waals surface area contributed by atoms with Gasteiger partial charge in [-0.2, -0.15) is 5.01 Å². The van der Waals surface area contributed by atoms with E-state index in [4.69, 9.17) is 13.9 Å². The van der Waals surface area contributed by atoms with Crippen LogP contribution in [0, 0.1) is 5.92 Å². The molecule has 12 heteroatoms. The average Bonchev–Trinajstić information content (AvgIpc) is 3.50. The summed E-state index contributed by atoms with van der Waals surface area (Å²) in [5.74, 6) is 0.982. The molecule has 11 nitrogen and oxygen atoms in total. The third-order valence-corrected chi connectivity index (χ3v) is 6.70. The lowest BCUT2D eigenvalue weighted by Gasteiger charge is -2.33. The van der Waals surface area contributed by atoms with Crippen LogP contribution in [-0.2, 0) is 9.59 Å². The second-order valence-corrected chi connectivity index (χ2v) is 9.03.